The molecule has 0 spiro atoms. The first-order valence-corrected chi connectivity index (χ1v) is 13.8. The van der Waals surface area contributed by atoms with E-state index >= 15 is 0 Å². The largest absolute Gasteiger partial charge is 0.454 e. The predicted octanol–water partition coefficient (Wildman–Crippen LogP) is 9.06. The first kappa shape index (κ1) is 25.3. The van der Waals surface area contributed by atoms with Crippen LogP contribution in [0.25, 0.3) is 44.3 Å². The normalized spacial score (nSPS) is 15.6. The van der Waals surface area contributed by atoms with Crippen LogP contribution in [-0.2, 0) is 7.05 Å². The van der Waals surface area contributed by atoms with Gasteiger partial charge in [0, 0.05) is 28.0 Å². The van der Waals surface area contributed by atoms with E-state index in [1.54, 1.807) is 19.2 Å². The van der Waals surface area contributed by atoms with Gasteiger partial charge in [0.25, 0.3) is 0 Å². The molecule has 2 heterocycles. The van der Waals surface area contributed by atoms with Crippen LogP contribution in [0.2, 0.25) is 0 Å². The third-order valence-electron chi connectivity index (χ3n) is 8.81. The van der Waals surface area contributed by atoms with Crippen LogP contribution in [0.1, 0.15) is 67.7 Å². The van der Waals surface area contributed by atoms with Gasteiger partial charge in [-0.25, -0.2) is 8.96 Å². The maximum Gasteiger partial charge on any atom is 0.219 e. The fourth-order valence-corrected chi connectivity index (χ4v) is 6.36. The van der Waals surface area contributed by atoms with Crippen LogP contribution in [0.15, 0.2) is 65.2 Å². The summed E-state index contributed by atoms with van der Waals surface area (Å²) in [4.78, 5) is 0. The van der Waals surface area contributed by atoms with Crippen LogP contribution in [-0.4, -0.2) is 0 Å². The van der Waals surface area contributed by atoms with Gasteiger partial charge in [-0.05, 0) is 79.7 Å². The van der Waals surface area contributed by atoms with Crippen molar-refractivity contribution in [3.63, 3.8) is 0 Å². The van der Waals surface area contributed by atoms with Crippen molar-refractivity contribution < 1.29 is 13.4 Å². The number of furan rings is 1. The van der Waals surface area contributed by atoms with E-state index < -0.39 is 0 Å². The minimum Gasteiger partial charge on any atom is -0.454 e. The molecule has 1 aliphatic carbocycles. The Morgan fingerprint density at radius 3 is 2.21 bits per heavy atom. The maximum atomic E-state index is 14.7. The fourth-order valence-electron chi connectivity index (χ4n) is 6.36. The summed E-state index contributed by atoms with van der Waals surface area (Å²) in [6.07, 6.45) is 6.74. The Hall–Kier alpha value is -3.97. The van der Waals surface area contributed by atoms with E-state index in [0.717, 1.165) is 38.7 Å². The Balaban J connectivity index is 1.51. The summed E-state index contributed by atoms with van der Waals surface area (Å²) in [5, 5.41) is 12.0. The molecule has 6 rings (SSSR count). The topological polar surface area (TPSA) is 40.8 Å². The SMILES string of the molecule is Cc1c[n+](C)c(-c2c(C)ccc3c2oc2c(-c4ccc(C5CCC(C)(C)CC5)cc4)c(C#N)ccc23)cc1F. The Morgan fingerprint density at radius 2 is 1.54 bits per heavy atom. The lowest BCUT2D eigenvalue weighted by Crippen LogP contribution is -2.31. The minimum absolute atomic E-state index is 0.246. The van der Waals surface area contributed by atoms with Gasteiger partial charge >= 0.3 is 0 Å². The van der Waals surface area contributed by atoms with Crippen molar-refractivity contribution in [1.82, 2.24) is 0 Å². The van der Waals surface area contributed by atoms with E-state index in [0.29, 0.717) is 33.6 Å². The van der Waals surface area contributed by atoms with Gasteiger partial charge in [0.05, 0.1) is 17.2 Å². The number of rotatable bonds is 3. The molecule has 1 aliphatic rings. The molecular formula is C35H34FN2O+. The van der Waals surface area contributed by atoms with Crippen molar-refractivity contribution in [1.29, 1.82) is 5.26 Å². The van der Waals surface area contributed by atoms with E-state index in [-0.39, 0.29) is 5.82 Å². The highest BCUT2D eigenvalue weighted by atomic mass is 19.1. The molecule has 0 atom stereocenters. The average Bonchev–Trinajstić information content (AvgIpc) is 3.29. The van der Waals surface area contributed by atoms with E-state index in [1.807, 2.05) is 30.7 Å². The van der Waals surface area contributed by atoms with Crippen LogP contribution < -0.4 is 4.57 Å². The van der Waals surface area contributed by atoms with Gasteiger partial charge in [0.2, 0.25) is 5.69 Å². The lowest BCUT2D eigenvalue weighted by atomic mass is 9.71. The smallest absolute Gasteiger partial charge is 0.219 e. The summed E-state index contributed by atoms with van der Waals surface area (Å²) < 4.78 is 23.3. The molecule has 0 amide bonds. The Kier molecular flexibility index (Phi) is 6.07. The summed E-state index contributed by atoms with van der Waals surface area (Å²) in [6, 6.07) is 20.7. The Morgan fingerprint density at radius 1 is 0.897 bits per heavy atom. The molecule has 39 heavy (non-hydrogen) atoms. The molecule has 0 N–H and O–H groups in total. The zero-order valence-corrected chi connectivity index (χ0v) is 23.4. The van der Waals surface area contributed by atoms with Gasteiger partial charge in [-0.15, -0.1) is 0 Å². The average molecular weight is 518 g/mol. The summed E-state index contributed by atoms with van der Waals surface area (Å²) in [6.45, 7) is 8.52. The summed E-state index contributed by atoms with van der Waals surface area (Å²) >= 11 is 0. The van der Waals surface area contributed by atoms with Crippen molar-refractivity contribution in [3.05, 3.63) is 88.9 Å². The fraction of sp³-hybridized carbons (Fsp3) is 0.314. The number of halogens is 1. The lowest BCUT2D eigenvalue weighted by molar-refractivity contribution is -0.661. The van der Waals surface area contributed by atoms with Crippen LogP contribution in [0, 0.1) is 36.4 Å². The Bertz CT molecular complexity index is 1780. The molecular weight excluding hydrogens is 483 g/mol. The van der Waals surface area contributed by atoms with Gasteiger partial charge in [-0.2, -0.15) is 5.26 Å². The van der Waals surface area contributed by atoms with Gasteiger partial charge in [-0.3, -0.25) is 0 Å². The highest BCUT2D eigenvalue weighted by Gasteiger charge is 2.28. The predicted molar refractivity (Wildman–Crippen MR) is 155 cm³/mol. The molecule has 0 saturated heterocycles. The van der Waals surface area contributed by atoms with E-state index in [1.165, 1.54) is 31.2 Å². The van der Waals surface area contributed by atoms with Crippen molar-refractivity contribution >= 4 is 21.9 Å². The second-order valence-corrected chi connectivity index (χ2v) is 12.1. The van der Waals surface area contributed by atoms with E-state index in [9.17, 15) is 9.65 Å². The molecule has 0 aliphatic heterocycles. The molecule has 3 aromatic carbocycles. The number of aryl methyl sites for hydroxylation is 3. The maximum absolute atomic E-state index is 14.7. The zero-order valence-electron chi connectivity index (χ0n) is 23.4. The quantitative estimate of drug-likeness (QED) is 0.224. The van der Waals surface area contributed by atoms with E-state index in [2.05, 4.69) is 56.3 Å². The van der Waals surface area contributed by atoms with Gasteiger partial charge in [-0.1, -0.05) is 50.2 Å². The Labute approximate surface area is 229 Å². The number of hydrogen-bond acceptors (Lipinski definition) is 2. The molecule has 2 aromatic heterocycles. The van der Waals surface area contributed by atoms with Crippen LogP contribution in [0.4, 0.5) is 4.39 Å². The second-order valence-electron chi connectivity index (χ2n) is 12.1. The standard InChI is InChI=1S/C35H34FN2O/c1-21-6-12-27-28-13-11-26(19-37)32(25-9-7-23(8-10-25)24-14-16-35(3,4)17-15-24)34(28)39-33(27)31(21)30-18-29(36)22(2)20-38(30)5/h6-13,18,20,24H,14-17H2,1-5H3/q+1. The third-order valence-corrected chi connectivity index (χ3v) is 8.81. The van der Waals surface area contributed by atoms with Crippen LogP contribution >= 0.6 is 0 Å². The number of fused-ring (bicyclic) bond motifs is 3. The number of pyridine rings is 1. The molecule has 0 bridgehead atoms. The van der Waals surface area contributed by atoms with Crippen LogP contribution in [0.3, 0.4) is 0 Å². The molecule has 0 radical (unpaired) electrons. The molecule has 5 aromatic rings. The van der Waals surface area contributed by atoms with Crippen LogP contribution in [0.5, 0.6) is 0 Å². The van der Waals surface area contributed by atoms with Crippen molar-refractivity contribution in [2.45, 2.75) is 59.3 Å². The highest BCUT2D eigenvalue weighted by molar-refractivity contribution is 6.14. The monoisotopic (exact) mass is 517 g/mol. The summed E-state index contributed by atoms with van der Waals surface area (Å²) in [5.41, 5.74) is 8.79. The first-order chi connectivity index (χ1) is 18.7. The third kappa shape index (κ3) is 4.31. The number of nitrogens with zero attached hydrogens (tertiary/aromatic N) is 2. The molecule has 1 fully saturated rings. The van der Waals surface area contributed by atoms with Crippen molar-refractivity contribution in [2.24, 2.45) is 12.5 Å². The van der Waals surface area contributed by atoms with Crippen molar-refractivity contribution in [3.8, 4) is 28.5 Å². The van der Waals surface area contributed by atoms with E-state index in [4.69, 9.17) is 4.42 Å². The second kappa shape index (κ2) is 9.35. The molecule has 3 nitrogen and oxygen atoms in total. The summed E-state index contributed by atoms with van der Waals surface area (Å²) in [7, 11) is 1.93. The molecule has 4 heteroatoms. The first-order valence-electron chi connectivity index (χ1n) is 13.8. The summed E-state index contributed by atoms with van der Waals surface area (Å²) in [5.74, 6) is 0.343. The van der Waals surface area contributed by atoms with Gasteiger partial charge < -0.3 is 4.42 Å². The number of aromatic nitrogens is 1. The number of benzene rings is 3. The molecule has 1 saturated carbocycles. The molecule has 0 unspecified atom stereocenters. The number of hydrogen-bond donors (Lipinski definition) is 0. The number of nitriles is 1. The van der Waals surface area contributed by atoms with Gasteiger partial charge in [0.1, 0.15) is 24.0 Å². The van der Waals surface area contributed by atoms with Crippen molar-refractivity contribution in [2.75, 3.05) is 0 Å². The van der Waals surface area contributed by atoms with Gasteiger partial charge in [0.15, 0.2) is 6.20 Å². The molecule has 196 valence electrons. The minimum atomic E-state index is -0.246. The lowest BCUT2D eigenvalue weighted by Gasteiger charge is -2.34. The highest BCUT2D eigenvalue weighted by Crippen LogP contribution is 2.44. The zero-order chi connectivity index (χ0) is 27.5.